The summed E-state index contributed by atoms with van der Waals surface area (Å²) in [5.41, 5.74) is 6.21. The fourth-order valence-electron chi connectivity index (χ4n) is 2.61. The molecule has 0 saturated carbocycles. The van der Waals surface area contributed by atoms with Crippen LogP contribution in [0, 0.1) is 0 Å². The molecule has 1 aromatic rings. The van der Waals surface area contributed by atoms with Crippen LogP contribution in [-0.2, 0) is 26.5 Å². The number of hydrogen-bond acceptors (Lipinski definition) is 4. The van der Waals surface area contributed by atoms with Crippen LogP contribution >= 0.6 is 0 Å². The van der Waals surface area contributed by atoms with E-state index >= 15 is 0 Å². The summed E-state index contributed by atoms with van der Waals surface area (Å²) in [6, 6.07) is 6.69. The molecular formula is C16H21N3O4S. The van der Waals surface area contributed by atoms with E-state index in [1.165, 1.54) is 6.92 Å². The molecule has 3 amide bonds. The highest BCUT2D eigenvalue weighted by molar-refractivity contribution is 7.91. The van der Waals surface area contributed by atoms with E-state index in [4.69, 9.17) is 5.73 Å². The standard InChI is InChI=1S/C16H21N3O4S/c1-12(20)18-6-8-19(9-7-18)15(21)11-24(23)10-13-4-2-3-5-14(13)16(17)22/h2-5H,6-11H2,1H3,(H2,17,22). The summed E-state index contributed by atoms with van der Waals surface area (Å²) in [6.07, 6.45) is 0. The molecule has 8 heteroatoms. The first-order chi connectivity index (χ1) is 11.4. The smallest absolute Gasteiger partial charge is 0.272 e. The Hall–Kier alpha value is -2.06. The summed E-state index contributed by atoms with van der Waals surface area (Å²) in [6.45, 7) is 3.40. The number of hydrogen-bond donors (Lipinski definition) is 1. The minimum atomic E-state index is -1.43. The van der Waals surface area contributed by atoms with Crippen LogP contribution in [-0.4, -0.2) is 64.0 Å². The Bertz CT molecular complexity index is 630. The van der Waals surface area contributed by atoms with Gasteiger partial charge in [0, 0.05) is 44.2 Å². The molecule has 0 radical (unpaired) electrons. The summed E-state index contributed by atoms with van der Waals surface area (Å²) in [4.78, 5) is 38.2. The van der Waals surface area contributed by atoms with E-state index in [0.29, 0.717) is 37.3 Å². The second kappa shape index (κ2) is 8.16. The predicted molar refractivity (Wildman–Crippen MR) is 90.5 cm³/mol. The van der Waals surface area contributed by atoms with E-state index in [-0.39, 0.29) is 23.3 Å². The van der Waals surface area contributed by atoms with Crippen molar-refractivity contribution in [2.45, 2.75) is 12.7 Å². The van der Waals surface area contributed by atoms with Crippen LogP contribution in [0.5, 0.6) is 0 Å². The van der Waals surface area contributed by atoms with E-state index < -0.39 is 17.1 Å². The highest BCUT2D eigenvalue weighted by atomic mass is 32.2. The zero-order valence-corrected chi connectivity index (χ0v) is 14.4. The fraction of sp³-hybridized carbons (Fsp3) is 0.438. The van der Waals surface area contributed by atoms with Crippen molar-refractivity contribution in [3.05, 3.63) is 35.4 Å². The predicted octanol–water partition coefficient (Wildman–Crippen LogP) is -0.275. The Morgan fingerprint density at radius 3 is 2.29 bits per heavy atom. The Morgan fingerprint density at radius 1 is 1.12 bits per heavy atom. The van der Waals surface area contributed by atoms with Crippen molar-refractivity contribution in [1.29, 1.82) is 0 Å². The molecule has 1 aliphatic heterocycles. The van der Waals surface area contributed by atoms with Crippen LogP contribution in [0.3, 0.4) is 0 Å². The van der Waals surface area contributed by atoms with E-state index in [0.717, 1.165) is 0 Å². The lowest BCUT2D eigenvalue weighted by Gasteiger charge is -2.34. The summed E-state index contributed by atoms with van der Waals surface area (Å²) in [5, 5.41) is 0. The van der Waals surface area contributed by atoms with Gasteiger partial charge in [-0.25, -0.2) is 0 Å². The molecule has 1 heterocycles. The zero-order valence-electron chi connectivity index (χ0n) is 13.6. The molecule has 7 nitrogen and oxygen atoms in total. The van der Waals surface area contributed by atoms with E-state index in [2.05, 4.69) is 0 Å². The molecule has 0 aromatic heterocycles. The van der Waals surface area contributed by atoms with Crippen molar-refractivity contribution in [2.75, 3.05) is 31.9 Å². The first kappa shape index (κ1) is 18.3. The minimum Gasteiger partial charge on any atom is -0.616 e. The third-order valence-electron chi connectivity index (χ3n) is 3.96. The van der Waals surface area contributed by atoms with Crippen molar-refractivity contribution in [1.82, 2.24) is 9.80 Å². The summed E-state index contributed by atoms with van der Waals surface area (Å²) < 4.78 is 12.3. The van der Waals surface area contributed by atoms with Crippen LogP contribution in [0.2, 0.25) is 0 Å². The van der Waals surface area contributed by atoms with Gasteiger partial charge in [0.15, 0.2) is 5.75 Å². The number of carbonyl (C=O) groups is 3. The maximum Gasteiger partial charge on any atom is 0.272 e. The lowest BCUT2D eigenvalue weighted by atomic mass is 10.1. The van der Waals surface area contributed by atoms with Crippen molar-refractivity contribution in [3.63, 3.8) is 0 Å². The molecule has 130 valence electrons. The van der Waals surface area contributed by atoms with Gasteiger partial charge in [-0.3, -0.25) is 14.4 Å². The van der Waals surface area contributed by atoms with Gasteiger partial charge in [-0.15, -0.1) is 0 Å². The molecule has 0 aliphatic carbocycles. The van der Waals surface area contributed by atoms with Crippen molar-refractivity contribution >= 4 is 28.9 Å². The summed E-state index contributed by atoms with van der Waals surface area (Å²) in [5.74, 6) is -0.776. The topological polar surface area (TPSA) is 107 Å². The van der Waals surface area contributed by atoms with Crippen LogP contribution in [0.1, 0.15) is 22.8 Å². The molecule has 24 heavy (non-hydrogen) atoms. The van der Waals surface area contributed by atoms with Gasteiger partial charge in [-0.2, -0.15) is 0 Å². The Kier molecular flexibility index (Phi) is 6.22. The quantitative estimate of drug-likeness (QED) is 0.737. The number of rotatable bonds is 5. The van der Waals surface area contributed by atoms with E-state index in [1.54, 1.807) is 34.1 Å². The molecule has 1 unspecified atom stereocenters. The monoisotopic (exact) mass is 351 g/mol. The second-order valence-electron chi connectivity index (χ2n) is 5.64. The largest absolute Gasteiger partial charge is 0.616 e. The lowest BCUT2D eigenvalue weighted by Crippen LogP contribution is -2.51. The normalized spacial score (nSPS) is 15.9. The van der Waals surface area contributed by atoms with Gasteiger partial charge in [-0.05, 0) is 17.2 Å². The average molecular weight is 351 g/mol. The number of piperazine rings is 1. The van der Waals surface area contributed by atoms with E-state index in [1.807, 2.05) is 0 Å². The maximum absolute atomic E-state index is 12.3. The van der Waals surface area contributed by atoms with Crippen LogP contribution < -0.4 is 5.73 Å². The first-order valence-electron chi connectivity index (χ1n) is 7.64. The lowest BCUT2D eigenvalue weighted by molar-refractivity contribution is -0.136. The molecule has 0 spiro atoms. The van der Waals surface area contributed by atoms with Gasteiger partial charge in [0.25, 0.3) is 5.91 Å². The van der Waals surface area contributed by atoms with Gasteiger partial charge < -0.3 is 20.1 Å². The second-order valence-corrected chi connectivity index (χ2v) is 7.09. The van der Waals surface area contributed by atoms with Crippen molar-refractivity contribution in [2.24, 2.45) is 5.73 Å². The maximum atomic E-state index is 12.3. The number of nitrogens with two attached hydrogens (primary N) is 1. The molecular weight excluding hydrogens is 330 g/mol. The van der Waals surface area contributed by atoms with Gasteiger partial charge >= 0.3 is 0 Å². The van der Waals surface area contributed by atoms with Crippen LogP contribution in [0.25, 0.3) is 0 Å². The number of amides is 3. The Labute approximate surface area is 144 Å². The molecule has 2 rings (SSSR count). The molecule has 0 bridgehead atoms. The van der Waals surface area contributed by atoms with Crippen LogP contribution in [0.4, 0.5) is 0 Å². The highest BCUT2D eigenvalue weighted by Gasteiger charge is 2.26. The zero-order chi connectivity index (χ0) is 17.7. The molecule has 1 fully saturated rings. The van der Waals surface area contributed by atoms with Gasteiger partial charge in [-0.1, -0.05) is 18.2 Å². The van der Waals surface area contributed by atoms with Crippen molar-refractivity contribution < 1.29 is 18.9 Å². The molecule has 1 aromatic carbocycles. The Morgan fingerprint density at radius 2 is 1.71 bits per heavy atom. The van der Waals surface area contributed by atoms with Gasteiger partial charge in [0.2, 0.25) is 11.8 Å². The molecule has 1 atom stereocenters. The molecule has 1 aliphatic rings. The third kappa shape index (κ3) is 4.72. The van der Waals surface area contributed by atoms with Crippen molar-refractivity contribution in [3.8, 4) is 0 Å². The van der Waals surface area contributed by atoms with Gasteiger partial charge in [0.1, 0.15) is 5.75 Å². The molecule has 2 N–H and O–H groups in total. The number of nitrogens with zero attached hydrogens (tertiary/aromatic N) is 2. The summed E-state index contributed by atoms with van der Waals surface area (Å²) >= 11 is -1.43. The highest BCUT2D eigenvalue weighted by Crippen LogP contribution is 2.13. The van der Waals surface area contributed by atoms with Gasteiger partial charge in [0.05, 0.1) is 0 Å². The minimum absolute atomic E-state index is 0.00580. The summed E-state index contributed by atoms with van der Waals surface area (Å²) in [7, 11) is 0. The van der Waals surface area contributed by atoms with Crippen LogP contribution in [0.15, 0.2) is 24.3 Å². The Balaban J connectivity index is 1.89. The fourth-order valence-corrected chi connectivity index (χ4v) is 3.77. The number of benzene rings is 1. The SMILES string of the molecule is CC(=O)N1CCN(C(=O)C[S+]([O-])Cc2ccccc2C(N)=O)CC1. The van der Waals surface area contributed by atoms with E-state index in [9.17, 15) is 18.9 Å². The first-order valence-corrected chi connectivity index (χ1v) is 9.13. The number of carbonyl (C=O) groups excluding carboxylic acids is 3. The third-order valence-corrected chi connectivity index (χ3v) is 5.16. The molecule has 1 saturated heterocycles. The average Bonchev–Trinajstić information content (AvgIpc) is 2.55. The number of primary amides is 1.